The van der Waals surface area contributed by atoms with Crippen molar-refractivity contribution in [2.75, 3.05) is 0 Å². The van der Waals surface area contributed by atoms with Crippen LogP contribution in [0.15, 0.2) is 9.64 Å². The van der Waals surface area contributed by atoms with Gasteiger partial charge in [0.2, 0.25) is 5.91 Å². The van der Waals surface area contributed by atoms with E-state index in [0.29, 0.717) is 16.5 Å². The van der Waals surface area contributed by atoms with Gasteiger partial charge in [-0.3, -0.25) is 4.79 Å². The third kappa shape index (κ3) is 2.72. The molecule has 2 saturated carbocycles. The smallest absolute Gasteiger partial charge is 0.256 e. The molecular weight excluding hydrogens is 274 g/mol. The summed E-state index contributed by atoms with van der Waals surface area (Å²) >= 11 is 1.63. The predicted octanol–water partition coefficient (Wildman–Crippen LogP) is 1.91. The number of nitrogens with one attached hydrogen (secondary N) is 1. The van der Waals surface area contributed by atoms with Crippen LogP contribution in [-0.2, 0) is 4.79 Å². The summed E-state index contributed by atoms with van der Waals surface area (Å²) in [4.78, 5) is 16.3. The largest absolute Gasteiger partial charge is 0.437 e. The van der Waals surface area contributed by atoms with Gasteiger partial charge in [-0.15, -0.1) is 0 Å². The maximum absolute atomic E-state index is 11.9. The number of thioether (sulfide) groups is 1. The van der Waals surface area contributed by atoms with E-state index in [-0.39, 0.29) is 5.91 Å². The maximum atomic E-state index is 11.9. The lowest BCUT2D eigenvalue weighted by molar-refractivity contribution is -0.124. The number of carbonyl (C=O) groups is 1. The molecule has 20 heavy (non-hydrogen) atoms. The number of rotatable bonds is 5. The van der Waals surface area contributed by atoms with Gasteiger partial charge in [-0.05, 0) is 46.0 Å². The molecule has 2 atom stereocenters. The summed E-state index contributed by atoms with van der Waals surface area (Å²) in [6, 6.07) is 0.484. The topological polar surface area (TPSA) is 81.1 Å². The number of aryl methyl sites for hydroxylation is 2. The number of oxazole rings is 1. The van der Waals surface area contributed by atoms with Crippen LogP contribution in [0.3, 0.4) is 0 Å². The zero-order valence-electron chi connectivity index (χ0n) is 11.9. The standard InChI is InChI=1S/C14H21N3O2S/c1-8-9(2)19-13(16-8)20-11-5-6-14(7-11,12(15)18)17-10-3-4-10/h10-11,17H,3-7H2,1-2H3,(H2,15,18). The predicted molar refractivity (Wildman–Crippen MR) is 77.6 cm³/mol. The average Bonchev–Trinajstić information content (AvgIpc) is 3.00. The third-order valence-corrected chi connectivity index (χ3v) is 5.39. The second-order valence-electron chi connectivity index (χ2n) is 5.97. The van der Waals surface area contributed by atoms with Gasteiger partial charge in [0, 0.05) is 11.3 Å². The van der Waals surface area contributed by atoms with E-state index >= 15 is 0 Å². The van der Waals surface area contributed by atoms with Crippen molar-refractivity contribution >= 4 is 17.7 Å². The van der Waals surface area contributed by atoms with Crippen molar-refractivity contribution in [2.45, 2.75) is 68.0 Å². The summed E-state index contributed by atoms with van der Waals surface area (Å²) in [7, 11) is 0. The molecule has 2 aliphatic rings. The van der Waals surface area contributed by atoms with Crippen LogP contribution in [0.2, 0.25) is 0 Å². The molecule has 3 N–H and O–H groups in total. The highest BCUT2D eigenvalue weighted by Crippen LogP contribution is 2.41. The highest BCUT2D eigenvalue weighted by atomic mass is 32.2. The summed E-state index contributed by atoms with van der Waals surface area (Å²) in [5.41, 5.74) is 6.06. The Morgan fingerprint density at radius 2 is 2.20 bits per heavy atom. The van der Waals surface area contributed by atoms with Crippen LogP contribution < -0.4 is 11.1 Å². The van der Waals surface area contributed by atoms with Crippen LogP contribution in [0.4, 0.5) is 0 Å². The molecule has 5 nitrogen and oxygen atoms in total. The molecule has 2 fully saturated rings. The molecule has 0 radical (unpaired) electrons. The van der Waals surface area contributed by atoms with Gasteiger partial charge in [0.15, 0.2) is 0 Å². The number of nitrogens with zero attached hydrogens (tertiary/aromatic N) is 1. The summed E-state index contributed by atoms with van der Waals surface area (Å²) in [5, 5.41) is 4.50. The first-order valence-corrected chi connectivity index (χ1v) is 8.05. The normalized spacial score (nSPS) is 29.8. The molecular formula is C14H21N3O2S. The van der Waals surface area contributed by atoms with Gasteiger partial charge in [-0.2, -0.15) is 0 Å². The lowest BCUT2D eigenvalue weighted by atomic mass is 9.96. The number of hydrogen-bond acceptors (Lipinski definition) is 5. The minimum Gasteiger partial charge on any atom is -0.437 e. The zero-order chi connectivity index (χ0) is 14.3. The fourth-order valence-corrected chi connectivity index (χ4v) is 4.03. The van der Waals surface area contributed by atoms with Gasteiger partial charge >= 0.3 is 0 Å². The van der Waals surface area contributed by atoms with Gasteiger partial charge in [0.1, 0.15) is 5.76 Å². The molecule has 0 spiro atoms. The summed E-state index contributed by atoms with van der Waals surface area (Å²) in [6.45, 7) is 3.86. The zero-order valence-corrected chi connectivity index (χ0v) is 12.8. The molecule has 0 aliphatic heterocycles. The Bertz CT molecular complexity index is 507. The second-order valence-corrected chi connectivity index (χ2v) is 7.22. The Morgan fingerprint density at radius 1 is 1.45 bits per heavy atom. The van der Waals surface area contributed by atoms with E-state index < -0.39 is 5.54 Å². The molecule has 0 aromatic carbocycles. The van der Waals surface area contributed by atoms with Crippen LogP contribution >= 0.6 is 11.8 Å². The van der Waals surface area contributed by atoms with Crippen LogP contribution in [0.5, 0.6) is 0 Å². The molecule has 2 unspecified atom stereocenters. The van der Waals surface area contributed by atoms with Crippen LogP contribution in [0, 0.1) is 13.8 Å². The van der Waals surface area contributed by atoms with E-state index in [4.69, 9.17) is 10.2 Å². The minimum atomic E-state index is -0.518. The van der Waals surface area contributed by atoms with Crippen molar-refractivity contribution in [3.05, 3.63) is 11.5 Å². The van der Waals surface area contributed by atoms with E-state index in [1.165, 1.54) is 0 Å². The van der Waals surface area contributed by atoms with Crippen molar-refractivity contribution in [1.29, 1.82) is 0 Å². The second kappa shape index (κ2) is 5.07. The van der Waals surface area contributed by atoms with E-state index in [1.807, 2.05) is 13.8 Å². The Kier molecular flexibility index (Phi) is 3.54. The number of amides is 1. The Balaban J connectivity index is 1.66. The van der Waals surface area contributed by atoms with Crippen molar-refractivity contribution in [3.8, 4) is 0 Å². The number of nitrogens with two attached hydrogens (primary N) is 1. The third-order valence-electron chi connectivity index (χ3n) is 4.28. The van der Waals surface area contributed by atoms with Gasteiger partial charge in [0.05, 0.1) is 11.2 Å². The number of aromatic nitrogens is 1. The molecule has 1 aromatic rings. The highest BCUT2D eigenvalue weighted by molar-refractivity contribution is 7.99. The Morgan fingerprint density at radius 3 is 2.75 bits per heavy atom. The Hall–Kier alpha value is -1.01. The van der Waals surface area contributed by atoms with Crippen molar-refractivity contribution in [3.63, 3.8) is 0 Å². The monoisotopic (exact) mass is 295 g/mol. The lowest BCUT2D eigenvalue weighted by Crippen LogP contribution is -2.54. The van der Waals surface area contributed by atoms with E-state index in [2.05, 4.69) is 10.3 Å². The molecule has 2 aliphatic carbocycles. The summed E-state index contributed by atoms with van der Waals surface area (Å²) in [5.74, 6) is 0.648. The molecule has 1 aromatic heterocycles. The van der Waals surface area contributed by atoms with E-state index in [9.17, 15) is 4.79 Å². The lowest BCUT2D eigenvalue weighted by Gasteiger charge is -2.27. The van der Waals surface area contributed by atoms with E-state index in [0.717, 1.165) is 43.6 Å². The van der Waals surface area contributed by atoms with Crippen molar-refractivity contribution in [2.24, 2.45) is 5.73 Å². The first-order valence-electron chi connectivity index (χ1n) is 7.17. The van der Waals surface area contributed by atoms with Gasteiger partial charge in [-0.25, -0.2) is 4.98 Å². The van der Waals surface area contributed by atoms with Crippen LogP contribution in [-0.4, -0.2) is 27.7 Å². The van der Waals surface area contributed by atoms with Gasteiger partial charge < -0.3 is 15.5 Å². The number of hydrogen-bond donors (Lipinski definition) is 2. The van der Waals surface area contributed by atoms with Crippen molar-refractivity contribution < 1.29 is 9.21 Å². The molecule has 110 valence electrons. The van der Waals surface area contributed by atoms with Crippen molar-refractivity contribution in [1.82, 2.24) is 10.3 Å². The summed E-state index contributed by atoms with van der Waals surface area (Å²) < 4.78 is 5.61. The minimum absolute atomic E-state index is 0.215. The number of carbonyl (C=O) groups excluding carboxylic acids is 1. The molecule has 6 heteroatoms. The highest BCUT2D eigenvalue weighted by Gasteiger charge is 2.47. The van der Waals surface area contributed by atoms with Gasteiger partial charge in [0.25, 0.3) is 5.22 Å². The average molecular weight is 295 g/mol. The molecule has 1 amide bonds. The van der Waals surface area contributed by atoms with Crippen LogP contribution in [0.25, 0.3) is 0 Å². The first kappa shape index (κ1) is 13.9. The fraction of sp³-hybridized carbons (Fsp3) is 0.714. The summed E-state index contributed by atoms with van der Waals surface area (Å²) in [6.07, 6.45) is 4.86. The Labute approximate surface area is 123 Å². The molecule has 0 saturated heterocycles. The number of primary amides is 1. The SMILES string of the molecule is Cc1nc(SC2CCC(NC3CC3)(C(N)=O)C2)oc1C. The first-order chi connectivity index (χ1) is 9.48. The van der Waals surface area contributed by atoms with Gasteiger partial charge in [-0.1, -0.05) is 11.8 Å². The van der Waals surface area contributed by atoms with Crippen LogP contribution in [0.1, 0.15) is 43.6 Å². The van der Waals surface area contributed by atoms with E-state index in [1.54, 1.807) is 11.8 Å². The molecule has 3 rings (SSSR count). The fourth-order valence-electron chi connectivity index (χ4n) is 2.78. The maximum Gasteiger partial charge on any atom is 0.256 e. The molecule has 1 heterocycles. The molecule has 0 bridgehead atoms. The quantitative estimate of drug-likeness (QED) is 0.867.